The minimum absolute atomic E-state index is 0.0195. The molecule has 2 saturated heterocycles. The highest BCUT2D eigenvalue weighted by Crippen LogP contribution is 2.25. The number of para-hydroxylation sites is 1. The molecule has 2 aromatic rings. The van der Waals surface area contributed by atoms with Gasteiger partial charge in [-0.2, -0.15) is 0 Å². The molecule has 2 aliphatic rings. The number of hydrogen-bond donors (Lipinski definition) is 10. The number of primary amides is 1. The van der Waals surface area contributed by atoms with Crippen molar-refractivity contribution in [3.05, 3.63) is 36.0 Å². The Labute approximate surface area is 335 Å². The van der Waals surface area contributed by atoms with Gasteiger partial charge >= 0.3 is 5.97 Å². The summed E-state index contributed by atoms with van der Waals surface area (Å²) in [6.07, 6.45) is 2.48. The number of H-pyrrole nitrogens is 1. The smallest absolute Gasteiger partial charge is 0.305 e. The number of nitrogens with one attached hydrogen (secondary N) is 6. The number of carboxylic acid groups (broad SMARTS) is 1. The molecular formula is C35H49N11O9S2. The van der Waals surface area contributed by atoms with Gasteiger partial charge in [0, 0.05) is 54.5 Å². The number of aliphatic imine (C=N–C) groups is 1. The van der Waals surface area contributed by atoms with Crippen molar-refractivity contribution in [1.29, 1.82) is 0 Å². The maximum atomic E-state index is 14.3. The highest BCUT2D eigenvalue weighted by Gasteiger charge is 2.40. The minimum atomic E-state index is -1.68. The van der Waals surface area contributed by atoms with Gasteiger partial charge in [0.25, 0.3) is 0 Å². The summed E-state index contributed by atoms with van der Waals surface area (Å²) in [5.41, 5.74) is 17.8. The lowest BCUT2D eigenvalue weighted by atomic mass is 10.0. The van der Waals surface area contributed by atoms with Gasteiger partial charge in [0.1, 0.15) is 30.2 Å². The quantitative estimate of drug-likeness (QED) is 0.0534. The number of aromatic amines is 1. The molecule has 3 heterocycles. The molecule has 1 aromatic heterocycles. The highest BCUT2D eigenvalue weighted by atomic mass is 33.1. The van der Waals surface area contributed by atoms with Gasteiger partial charge in [0.15, 0.2) is 5.96 Å². The van der Waals surface area contributed by atoms with Crippen LogP contribution in [0.2, 0.25) is 0 Å². The number of benzene rings is 1. The zero-order valence-electron chi connectivity index (χ0n) is 31.1. The Hall–Kier alpha value is -5.51. The highest BCUT2D eigenvalue weighted by molar-refractivity contribution is 8.76. The predicted octanol–water partition coefficient (Wildman–Crippen LogP) is -2.05. The summed E-state index contributed by atoms with van der Waals surface area (Å²) in [7, 11) is 2.45. The van der Waals surface area contributed by atoms with Crippen LogP contribution >= 0.6 is 21.6 Å². The Kier molecular flexibility index (Phi) is 16.8. The predicted molar refractivity (Wildman–Crippen MR) is 213 cm³/mol. The molecule has 0 bridgehead atoms. The first-order valence-corrected chi connectivity index (χ1v) is 20.9. The van der Waals surface area contributed by atoms with E-state index in [2.05, 4.69) is 36.6 Å². The second kappa shape index (κ2) is 21.7. The number of rotatable bonds is 10. The van der Waals surface area contributed by atoms with E-state index in [0.717, 1.165) is 10.9 Å². The Morgan fingerprint density at radius 1 is 0.877 bits per heavy atom. The molecule has 4 rings (SSSR count). The molecule has 2 fully saturated rings. The van der Waals surface area contributed by atoms with Crippen LogP contribution in [0.4, 0.5) is 0 Å². The van der Waals surface area contributed by atoms with Crippen molar-refractivity contribution in [2.24, 2.45) is 22.2 Å². The number of guanidine groups is 1. The number of hydrogen-bond acceptors (Lipinski definition) is 11. The van der Waals surface area contributed by atoms with Crippen LogP contribution in [0.5, 0.6) is 0 Å². The van der Waals surface area contributed by atoms with E-state index in [0.29, 0.717) is 24.8 Å². The molecule has 22 heteroatoms. The van der Waals surface area contributed by atoms with Crippen LogP contribution in [-0.2, 0) is 44.8 Å². The molecule has 5 atom stereocenters. The van der Waals surface area contributed by atoms with Crippen LogP contribution in [0.1, 0.15) is 50.5 Å². The zero-order valence-corrected chi connectivity index (χ0v) is 32.8. The number of carbonyl (C=O) groups is 8. The van der Waals surface area contributed by atoms with Gasteiger partial charge in [0.2, 0.25) is 41.4 Å². The molecule has 310 valence electrons. The molecule has 1 aromatic carbocycles. The summed E-state index contributed by atoms with van der Waals surface area (Å²) in [4.78, 5) is 114. The molecule has 2 aliphatic heterocycles. The van der Waals surface area contributed by atoms with Crippen LogP contribution < -0.4 is 43.8 Å². The average Bonchev–Trinajstić information content (AvgIpc) is 3.82. The monoisotopic (exact) mass is 831 g/mol. The van der Waals surface area contributed by atoms with Gasteiger partial charge < -0.3 is 58.8 Å². The fourth-order valence-corrected chi connectivity index (χ4v) is 8.56. The van der Waals surface area contributed by atoms with E-state index >= 15 is 0 Å². The largest absolute Gasteiger partial charge is 0.481 e. The number of nitrogens with two attached hydrogens (primary N) is 3. The molecule has 57 heavy (non-hydrogen) atoms. The Morgan fingerprint density at radius 3 is 2.37 bits per heavy atom. The first-order valence-electron chi connectivity index (χ1n) is 18.4. The number of amides is 7. The molecule has 7 amide bonds. The average molecular weight is 832 g/mol. The van der Waals surface area contributed by atoms with Gasteiger partial charge in [-0.25, -0.2) is 0 Å². The molecule has 0 radical (unpaired) electrons. The van der Waals surface area contributed by atoms with Crippen molar-refractivity contribution < 1.29 is 43.5 Å². The fourth-order valence-electron chi connectivity index (χ4n) is 6.39. The van der Waals surface area contributed by atoms with E-state index in [-0.39, 0.29) is 56.2 Å². The maximum Gasteiger partial charge on any atom is 0.305 e. The van der Waals surface area contributed by atoms with Crippen LogP contribution in [0.25, 0.3) is 10.9 Å². The van der Waals surface area contributed by atoms with Gasteiger partial charge in [0.05, 0.1) is 13.0 Å². The lowest BCUT2D eigenvalue weighted by molar-refractivity contribution is -0.143. The normalized spacial score (nSPS) is 23.6. The van der Waals surface area contributed by atoms with Gasteiger partial charge in [-0.3, -0.25) is 43.3 Å². The first-order chi connectivity index (χ1) is 27.2. The van der Waals surface area contributed by atoms with Crippen molar-refractivity contribution in [3.63, 3.8) is 0 Å². The third-order valence-electron chi connectivity index (χ3n) is 9.24. The van der Waals surface area contributed by atoms with Crippen LogP contribution in [0, 0.1) is 0 Å². The Balaban J connectivity index is 1.61. The molecule has 13 N–H and O–H groups in total. The number of nitrogens with zero attached hydrogens (tertiary/aromatic N) is 2. The van der Waals surface area contributed by atoms with E-state index in [1.807, 2.05) is 18.2 Å². The van der Waals surface area contributed by atoms with E-state index < -0.39 is 90.5 Å². The molecule has 0 aliphatic carbocycles. The third-order valence-corrected chi connectivity index (χ3v) is 11.7. The zero-order chi connectivity index (χ0) is 41.5. The summed E-state index contributed by atoms with van der Waals surface area (Å²) < 4.78 is 0. The molecule has 0 unspecified atom stereocenters. The number of aliphatic carboxylic acids is 1. The van der Waals surface area contributed by atoms with Crippen molar-refractivity contribution in [1.82, 2.24) is 36.5 Å². The number of fused-ring (bicyclic) bond motifs is 2. The lowest BCUT2D eigenvalue weighted by Crippen LogP contribution is -2.59. The maximum absolute atomic E-state index is 14.3. The molecule has 20 nitrogen and oxygen atoms in total. The second-order valence-electron chi connectivity index (χ2n) is 13.5. The van der Waals surface area contributed by atoms with E-state index in [1.165, 1.54) is 26.5 Å². The summed E-state index contributed by atoms with van der Waals surface area (Å²) in [5.74, 6) is -6.35. The Bertz CT molecular complexity index is 1840. The van der Waals surface area contributed by atoms with Crippen molar-refractivity contribution in [2.75, 3.05) is 31.1 Å². The first kappa shape index (κ1) is 44.2. The lowest BCUT2D eigenvalue weighted by Gasteiger charge is -2.30. The minimum Gasteiger partial charge on any atom is -0.481 e. The molecule has 0 saturated carbocycles. The van der Waals surface area contributed by atoms with Crippen LogP contribution in [-0.4, -0.2) is 130 Å². The number of aromatic nitrogens is 1. The molecular weight excluding hydrogens is 783 g/mol. The third kappa shape index (κ3) is 13.6. The van der Waals surface area contributed by atoms with E-state index in [1.54, 1.807) is 12.3 Å². The van der Waals surface area contributed by atoms with Crippen molar-refractivity contribution in [2.45, 2.75) is 81.6 Å². The fraction of sp³-hybridized carbons (Fsp3) is 0.514. The van der Waals surface area contributed by atoms with E-state index in [4.69, 9.17) is 17.2 Å². The van der Waals surface area contributed by atoms with Crippen molar-refractivity contribution >= 4 is 85.8 Å². The van der Waals surface area contributed by atoms with Crippen LogP contribution in [0.15, 0.2) is 35.5 Å². The topological polar surface area (TPSA) is 326 Å². The van der Waals surface area contributed by atoms with Crippen LogP contribution in [0.3, 0.4) is 0 Å². The summed E-state index contributed by atoms with van der Waals surface area (Å²) in [6.45, 7) is -0.233. The second-order valence-corrected chi connectivity index (χ2v) is 16.1. The summed E-state index contributed by atoms with van der Waals surface area (Å²) in [5, 5.41) is 23.1. The van der Waals surface area contributed by atoms with E-state index in [9.17, 15) is 43.5 Å². The van der Waals surface area contributed by atoms with Gasteiger partial charge in [-0.05, 0) is 43.7 Å². The van der Waals surface area contributed by atoms with Gasteiger partial charge in [-0.15, -0.1) is 0 Å². The van der Waals surface area contributed by atoms with Crippen molar-refractivity contribution in [3.8, 4) is 0 Å². The SMILES string of the molecule is NC(=O)[C@H]1CSSCCC(=O)N[C@H](CCCCN=C(N)N)C(=O)NCC(=O)N[C@H](CC(=O)O)C(=O)N[C@@H](Cc2c[nH]c3ccccc23)C(=O)N2CCC[C@H]2C(=O)N1. The number of carboxylic acids is 1. The summed E-state index contributed by atoms with van der Waals surface area (Å²) >= 11 is 0. The van der Waals surface area contributed by atoms with Gasteiger partial charge in [-0.1, -0.05) is 39.8 Å². The standard InChI is InChI=1S/C35H49N11O9S2/c36-30(51)25-18-57-56-13-10-27(47)42-22(8-3-4-11-39-35(37)38)31(52)41-17-28(48)43-23(15-29(49)50)32(53)44-24(14-19-16-40-21-7-2-1-6-20(19)21)34(55)46-12-5-9-26(46)33(54)45-25/h1-2,6-7,16,22-26,40H,3-5,8-15,17-18H2,(H2,36,51)(H,41,52)(H,42,47)(H,43,48)(H,44,53)(H,45,54)(H,49,50)(H4,37,38,39)/t22-,23-,24+,25-,26+/m1/s1. The number of unbranched alkanes of at least 4 members (excludes halogenated alkanes) is 1. The number of carbonyl (C=O) groups excluding carboxylic acids is 7. The summed E-state index contributed by atoms with van der Waals surface area (Å²) in [6, 6.07) is 1.07. The molecule has 0 spiro atoms. The Morgan fingerprint density at radius 2 is 1.63 bits per heavy atom.